The van der Waals surface area contributed by atoms with Crippen molar-refractivity contribution in [3.63, 3.8) is 0 Å². The molecule has 0 aliphatic carbocycles. The fourth-order valence-corrected chi connectivity index (χ4v) is 15.6. The van der Waals surface area contributed by atoms with Crippen molar-refractivity contribution in [3.05, 3.63) is 370 Å². The Morgan fingerprint density at radius 1 is 0.160 bits per heavy atom. The predicted molar refractivity (Wildman–Crippen MR) is 419 cm³/mol. The van der Waals surface area contributed by atoms with Gasteiger partial charge in [-0.2, -0.15) is 0 Å². The molecule has 0 aliphatic heterocycles. The Kier molecular flexibility index (Phi) is 18.3. The second-order valence-electron chi connectivity index (χ2n) is 25.6. The minimum atomic E-state index is -2.23. The van der Waals surface area contributed by atoms with E-state index < -0.39 is 8.07 Å². The molecule has 0 bridgehead atoms. The Morgan fingerprint density at radius 2 is 0.350 bits per heavy atom. The predicted octanol–water partition coefficient (Wildman–Crippen LogP) is 23.6. The molecule has 100 heavy (non-hydrogen) atoms. The Bertz CT molecular complexity index is 5310. The van der Waals surface area contributed by atoms with Crippen LogP contribution in [0.2, 0.25) is 19.6 Å². The van der Waals surface area contributed by atoms with Crippen LogP contribution in [0.3, 0.4) is 0 Å². The van der Waals surface area contributed by atoms with E-state index in [4.69, 9.17) is 29.9 Å². The summed E-state index contributed by atoms with van der Waals surface area (Å²) in [5, 5.41) is 1.32. The van der Waals surface area contributed by atoms with Gasteiger partial charge in [-0.3, -0.25) is 0 Å². The van der Waals surface area contributed by atoms with E-state index in [1.54, 1.807) is 0 Å². The summed E-state index contributed by atoms with van der Waals surface area (Å²) in [4.78, 5) is 31.4. The van der Waals surface area contributed by atoms with E-state index in [1.165, 1.54) is 27.4 Å². The van der Waals surface area contributed by atoms with E-state index in [1.807, 2.05) is 72.8 Å². The highest BCUT2D eigenvalue weighted by molar-refractivity contribution is 6.91. The molecule has 0 saturated heterocycles. The molecular weight excluding hydrogens is 1230 g/mol. The molecule has 6 nitrogen and oxygen atoms in total. The molecule has 0 atom stereocenters. The molecule has 16 rings (SSSR count). The number of nitrogens with zero attached hydrogens (tertiary/aromatic N) is 6. The smallest absolute Gasteiger partial charge is 0.164 e. The van der Waals surface area contributed by atoms with Gasteiger partial charge in [-0.05, 0) is 89.1 Å². The maximum atomic E-state index is 5.43. The molecule has 2 aromatic heterocycles. The van der Waals surface area contributed by atoms with Crippen molar-refractivity contribution in [1.29, 1.82) is 0 Å². The van der Waals surface area contributed by atoms with E-state index in [2.05, 4.69) is 317 Å². The summed E-state index contributed by atoms with van der Waals surface area (Å²) >= 11 is 0. The van der Waals surface area contributed by atoms with Crippen LogP contribution < -0.4 is 5.19 Å². The van der Waals surface area contributed by atoms with Crippen molar-refractivity contribution in [1.82, 2.24) is 29.9 Å². The summed E-state index contributed by atoms with van der Waals surface area (Å²) in [6, 6.07) is 129. The molecule has 0 fully saturated rings. The minimum absolute atomic E-state index is 0.621. The average molecular weight is 1300 g/mol. The Labute approximate surface area is 586 Å². The maximum absolute atomic E-state index is 5.43. The topological polar surface area (TPSA) is 77.3 Å². The summed E-state index contributed by atoms with van der Waals surface area (Å²) in [6.45, 7) is 7.34. The normalized spacial score (nSPS) is 11.2. The van der Waals surface area contributed by atoms with Gasteiger partial charge < -0.3 is 0 Å². The van der Waals surface area contributed by atoms with Gasteiger partial charge in [-0.15, -0.1) is 0 Å². The zero-order valence-corrected chi connectivity index (χ0v) is 56.9. The standard InChI is InChI=1S/C48H39N3Si.C45H31N3/c1-52(2,3)45-43(37-28-16-7-17-29-37)41(35-24-12-5-13-25-35)40(34-22-10-4-11-23-34)42(36-26-14-6-15-27-36)44(45)48-50-46(38-30-18-8-19-31-38)49-47(51-48)39-32-20-9-21-33-39;1-7-19-32(20-8-1)38-31-39(45-47-43(36-27-15-5-16-28-36)46-44(48-45)37-29-17-6-18-30-37)41(34-23-11-3-12-24-34)42(35-25-13-4-14-26-35)40(38)33-21-9-2-10-22-33/h4-33H,1-3H3;1-31H. The summed E-state index contributed by atoms with van der Waals surface area (Å²) in [5.74, 6) is 3.87. The lowest BCUT2D eigenvalue weighted by atomic mass is 9.80. The Hall–Kier alpha value is -12.7. The van der Waals surface area contributed by atoms with Gasteiger partial charge >= 0.3 is 0 Å². The first-order valence-corrected chi connectivity index (χ1v) is 37.4. The van der Waals surface area contributed by atoms with E-state index >= 15 is 0 Å². The third-order valence-corrected chi connectivity index (χ3v) is 20.0. The van der Waals surface area contributed by atoms with Crippen LogP contribution in [0.5, 0.6) is 0 Å². The summed E-state index contributed by atoms with van der Waals surface area (Å²) < 4.78 is 0. The van der Waals surface area contributed by atoms with Gasteiger partial charge in [-0.1, -0.05) is 384 Å². The van der Waals surface area contributed by atoms with Crippen LogP contribution in [-0.2, 0) is 0 Å². The summed E-state index contributed by atoms with van der Waals surface area (Å²) in [7, 11) is -2.23. The summed E-state index contributed by atoms with van der Waals surface area (Å²) in [5.41, 5.74) is 24.1. The van der Waals surface area contributed by atoms with Crippen LogP contribution in [0.4, 0.5) is 0 Å². The molecule has 0 N–H and O–H groups in total. The summed E-state index contributed by atoms with van der Waals surface area (Å²) in [6.07, 6.45) is 0. The second kappa shape index (κ2) is 29.0. The van der Waals surface area contributed by atoms with Crippen LogP contribution in [0.15, 0.2) is 370 Å². The van der Waals surface area contributed by atoms with Crippen molar-refractivity contribution >= 4 is 13.3 Å². The molecule has 0 unspecified atom stereocenters. The molecule has 0 amide bonds. The highest BCUT2D eigenvalue weighted by Crippen LogP contribution is 2.52. The first-order valence-electron chi connectivity index (χ1n) is 33.9. The van der Waals surface area contributed by atoms with Crippen molar-refractivity contribution in [3.8, 4) is 157 Å². The van der Waals surface area contributed by atoms with Crippen molar-refractivity contribution in [2.45, 2.75) is 19.6 Å². The van der Waals surface area contributed by atoms with Crippen LogP contribution in [0.25, 0.3) is 157 Å². The van der Waals surface area contributed by atoms with Crippen LogP contribution in [-0.4, -0.2) is 38.0 Å². The molecule has 7 heteroatoms. The number of aromatic nitrogens is 6. The fraction of sp³-hybridized carbons (Fsp3) is 0.0323. The van der Waals surface area contributed by atoms with E-state index in [9.17, 15) is 0 Å². The van der Waals surface area contributed by atoms with E-state index in [0.29, 0.717) is 34.9 Å². The second-order valence-corrected chi connectivity index (χ2v) is 30.6. The zero-order chi connectivity index (χ0) is 67.6. The molecule has 16 aromatic rings. The first-order chi connectivity index (χ1) is 49.3. The van der Waals surface area contributed by atoms with Gasteiger partial charge in [0.25, 0.3) is 0 Å². The van der Waals surface area contributed by atoms with Gasteiger partial charge in [0, 0.05) is 44.5 Å². The van der Waals surface area contributed by atoms with E-state index in [-0.39, 0.29) is 0 Å². The molecule has 2 heterocycles. The number of rotatable bonds is 15. The highest BCUT2D eigenvalue weighted by Gasteiger charge is 2.36. The lowest BCUT2D eigenvalue weighted by Crippen LogP contribution is -2.41. The van der Waals surface area contributed by atoms with Crippen molar-refractivity contribution in [2.24, 2.45) is 0 Å². The zero-order valence-electron chi connectivity index (χ0n) is 55.9. The van der Waals surface area contributed by atoms with Gasteiger partial charge in [0.05, 0.1) is 8.07 Å². The van der Waals surface area contributed by atoms with E-state index in [0.717, 1.165) is 100 Å². The van der Waals surface area contributed by atoms with Gasteiger partial charge in [0.2, 0.25) is 0 Å². The van der Waals surface area contributed by atoms with Crippen molar-refractivity contribution < 1.29 is 0 Å². The van der Waals surface area contributed by atoms with Crippen LogP contribution in [0.1, 0.15) is 0 Å². The SMILES string of the molecule is C[Si](C)(C)c1c(-c2ccccc2)c(-c2ccccc2)c(-c2ccccc2)c(-c2ccccc2)c1-c1nc(-c2ccccc2)nc(-c2ccccc2)n1.c1ccc(-c2nc(-c3ccccc3)nc(-c3cc(-c4ccccc4)c(-c4ccccc4)c(-c4ccccc4)c3-c3ccccc3)n2)cc1. The maximum Gasteiger partial charge on any atom is 0.164 e. The molecule has 476 valence electrons. The molecule has 0 spiro atoms. The Morgan fingerprint density at radius 3 is 0.630 bits per heavy atom. The molecule has 0 radical (unpaired) electrons. The Balaban J connectivity index is 0.000000163. The van der Waals surface area contributed by atoms with Crippen LogP contribution in [0, 0.1) is 0 Å². The van der Waals surface area contributed by atoms with Gasteiger partial charge in [-0.25, -0.2) is 29.9 Å². The van der Waals surface area contributed by atoms with Crippen LogP contribution >= 0.6 is 0 Å². The monoisotopic (exact) mass is 1300 g/mol. The third-order valence-electron chi connectivity index (χ3n) is 18.0. The molecular formula is C93H70N6Si. The molecule has 14 aromatic carbocycles. The largest absolute Gasteiger partial charge is 0.208 e. The lowest BCUT2D eigenvalue weighted by Gasteiger charge is -2.32. The van der Waals surface area contributed by atoms with Gasteiger partial charge in [0.15, 0.2) is 34.9 Å². The quantitative estimate of drug-likeness (QED) is 0.0952. The minimum Gasteiger partial charge on any atom is -0.208 e. The first kappa shape index (κ1) is 63.4. The number of benzene rings is 14. The number of hydrogen-bond acceptors (Lipinski definition) is 6. The molecule has 0 saturated carbocycles. The average Bonchev–Trinajstić information content (AvgIpc) is 0.719. The highest BCUT2D eigenvalue weighted by atomic mass is 28.3. The molecule has 0 aliphatic rings. The lowest BCUT2D eigenvalue weighted by molar-refractivity contribution is 1.07. The fourth-order valence-electron chi connectivity index (χ4n) is 13.6. The number of hydrogen-bond donors (Lipinski definition) is 0. The van der Waals surface area contributed by atoms with Crippen molar-refractivity contribution in [2.75, 3.05) is 0 Å². The van der Waals surface area contributed by atoms with Gasteiger partial charge in [0.1, 0.15) is 0 Å². The third kappa shape index (κ3) is 13.3.